The Morgan fingerprint density at radius 1 is 0.864 bits per heavy atom. The lowest BCUT2D eigenvalue weighted by Gasteiger charge is -2.19. The summed E-state index contributed by atoms with van der Waals surface area (Å²) < 4.78 is 5.47. The summed E-state index contributed by atoms with van der Waals surface area (Å²) in [6, 6.07) is 16.3. The third-order valence-electron chi connectivity index (χ3n) is 3.71. The number of nitrogens with zero attached hydrogens (tertiary/aromatic N) is 2. The number of fused-ring (bicyclic) bond motifs is 1. The topological polar surface area (TPSA) is 35.0 Å². The van der Waals surface area contributed by atoms with Gasteiger partial charge >= 0.3 is 0 Å². The SMILES string of the molecule is COc1nc2cccc([Si](C)(C)C)c2nc1-c1ccccc1. The van der Waals surface area contributed by atoms with E-state index in [0.29, 0.717) is 5.88 Å². The van der Waals surface area contributed by atoms with Gasteiger partial charge in [-0.15, -0.1) is 0 Å². The van der Waals surface area contributed by atoms with Gasteiger partial charge in [-0.05, 0) is 11.3 Å². The molecule has 0 radical (unpaired) electrons. The van der Waals surface area contributed by atoms with Crippen LogP contribution in [0.2, 0.25) is 19.6 Å². The van der Waals surface area contributed by atoms with Gasteiger partial charge in [0, 0.05) is 5.56 Å². The fraction of sp³-hybridized carbons (Fsp3) is 0.222. The van der Waals surface area contributed by atoms with Crippen LogP contribution in [0.4, 0.5) is 0 Å². The molecule has 1 heterocycles. The average Bonchev–Trinajstić information content (AvgIpc) is 2.52. The Hall–Kier alpha value is -2.20. The monoisotopic (exact) mass is 308 g/mol. The summed E-state index contributed by atoms with van der Waals surface area (Å²) in [7, 11) is 0.151. The van der Waals surface area contributed by atoms with E-state index in [1.54, 1.807) is 7.11 Å². The molecule has 0 unspecified atom stereocenters. The standard InChI is InChI=1S/C18H20N2OSi/c1-21-18-16(13-9-6-5-7-10-13)20-17-14(19-18)11-8-12-15(17)22(2,3)4/h5-12H,1-4H3. The molecule has 0 aliphatic heterocycles. The van der Waals surface area contributed by atoms with Crippen LogP contribution in [0.1, 0.15) is 0 Å². The van der Waals surface area contributed by atoms with Crippen LogP contribution in [-0.2, 0) is 0 Å². The summed E-state index contributed by atoms with van der Waals surface area (Å²) in [5, 5.41) is 1.33. The van der Waals surface area contributed by atoms with Crippen molar-refractivity contribution in [1.82, 2.24) is 9.97 Å². The van der Waals surface area contributed by atoms with Crippen molar-refractivity contribution in [2.24, 2.45) is 0 Å². The molecule has 3 rings (SSSR count). The zero-order chi connectivity index (χ0) is 15.7. The average molecular weight is 308 g/mol. The molecule has 0 bridgehead atoms. The molecule has 112 valence electrons. The largest absolute Gasteiger partial charge is 0.479 e. The Bertz CT molecular complexity index is 810. The van der Waals surface area contributed by atoms with Crippen LogP contribution in [0.5, 0.6) is 5.88 Å². The Balaban J connectivity index is 2.33. The molecule has 1 aromatic heterocycles. The molecule has 3 nitrogen and oxygen atoms in total. The van der Waals surface area contributed by atoms with Crippen molar-refractivity contribution in [3.8, 4) is 17.1 Å². The molecule has 0 saturated carbocycles. The number of aromatic nitrogens is 2. The minimum atomic E-state index is -1.49. The number of hydrogen-bond donors (Lipinski definition) is 0. The fourth-order valence-electron chi connectivity index (χ4n) is 2.59. The van der Waals surface area contributed by atoms with Crippen LogP contribution in [0.15, 0.2) is 48.5 Å². The maximum absolute atomic E-state index is 5.47. The summed E-state index contributed by atoms with van der Waals surface area (Å²) in [5.74, 6) is 0.575. The van der Waals surface area contributed by atoms with E-state index >= 15 is 0 Å². The summed E-state index contributed by atoms with van der Waals surface area (Å²) >= 11 is 0. The maximum atomic E-state index is 5.47. The molecule has 0 atom stereocenters. The van der Waals surface area contributed by atoms with Crippen LogP contribution in [0, 0.1) is 0 Å². The normalized spacial score (nSPS) is 11.6. The van der Waals surface area contributed by atoms with E-state index in [-0.39, 0.29) is 0 Å². The van der Waals surface area contributed by atoms with E-state index < -0.39 is 8.07 Å². The molecular formula is C18H20N2OSi. The third kappa shape index (κ3) is 2.62. The number of para-hydroxylation sites is 1. The quantitative estimate of drug-likeness (QED) is 0.689. The maximum Gasteiger partial charge on any atom is 0.240 e. The second-order valence-electron chi connectivity index (χ2n) is 6.37. The number of methoxy groups -OCH3 is 1. The summed E-state index contributed by atoms with van der Waals surface area (Å²) in [4.78, 5) is 9.61. The van der Waals surface area contributed by atoms with Gasteiger partial charge in [-0.1, -0.05) is 62.1 Å². The van der Waals surface area contributed by atoms with E-state index in [2.05, 4.69) is 36.8 Å². The van der Waals surface area contributed by atoms with Crippen molar-refractivity contribution in [3.05, 3.63) is 48.5 Å². The second kappa shape index (κ2) is 5.53. The summed E-state index contributed by atoms with van der Waals surface area (Å²) in [5.41, 5.74) is 3.73. The van der Waals surface area contributed by atoms with Gasteiger partial charge in [-0.25, -0.2) is 9.97 Å². The lowest BCUT2D eigenvalue weighted by molar-refractivity contribution is 0.400. The van der Waals surface area contributed by atoms with Crippen molar-refractivity contribution in [2.45, 2.75) is 19.6 Å². The molecular weight excluding hydrogens is 288 g/mol. The minimum Gasteiger partial charge on any atom is -0.479 e. The number of rotatable bonds is 3. The van der Waals surface area contributed by atoms with Crippen molar-refractivity contribution >= 4 is 24.3 Å². The van der Waals surface area contributed by atoms with E-state index in [9.17, 15) is 0 Å². The molecule has 0 amide bonds. The predicted molar refractivity (Wildman–Crippen MR) is 94.5 cm³/mol. The second-order valence-corrected chi connectivity index (χ2v) is 11.4. The van der Waals surface area contributed by atoms with Gasteiger partial charge in [0.25, 0.3) is 0 Å². The molecule has 0 N–H and O–H groups in total. The van der Waals surface area contributed by atoms with Gasteiger partial charge < -0.3 is 4.74 Å². The van der Waals surface area contributed by atoms with E-state index in [0.717, 1.165) is 22.3 Å². The van der Waals surface area contributed by atoms with Gasteiger partial charge in [-0.2, -0.15) is 0 Å². The zero-order valence-corrected chi connectivity index (χ0v) is 14.4. The van der Waals surface area contributed by atoms with Crippen molar-refractivity contribution in [3.63, 3.8) is 0 Å². The molecule has 0 aliphatic rings. The van der Waals surface area contributed by atoms with Crippen LogP contribution >= 0.6 is 0 Å². The smallest absolute Gasteiger partial charge is 0.240 e. The first-order valence-corrected chi connectivity index (χ1v) is 10.9. The molecule has 4 heteroatoms. The minimum absolute atomic E-state index is 0.575. The fourth-order valence-corrected chi connectivity index (χ4v) is 4.08. The lowest BCUT2D eigenvalue weighted by atomic mass is 10.1. The molecule has 0 aliphatic carbocycles. The third-order valence-corrected chi connectivity index (χ3v) is 5.73. The number of hydrogen-bond acceptors (Lipinski definition) is 3. The van der Waals surface area contributed by atoms with Gasteiger partial charge in [0.2, 0.25) is 5.88 Å². The molecule has 2 aromatic carbocycles. The van der Waals surface area contributed by atoms with Gasteiger partial charge in [0.05, 0.1) is 26.2 Å². The van der Waals surface area contributed by atoms with Crippen LogP contribution in [-0.4, -0.2) is 25.2 Å². The Morgan fingerprint density at radius 2 is 1.59 bits per heavy atom. The van der Waals surface area contributed by atoms with Gasteiger partial charge in [0.1, 0.15) is 5.69 Å². The first-order chi connectivity index (χ1) is 10.5. The van der Waals surface area contributed by atoms with Gasteiger partial charge in [0.15, 0.2) is 0 Å². The van der Waals surface area contributed by atoms with E-state index in [4.69, 9.17) is 9.72 Å². The predicted octanol–water partition coefficient (Wildman–Crippen LogP) is 3.85. The Labute approximate surface area is 132 Å². The van der Waals surface area contributed by atoms with Crippen molar-refractivity contribution < 1.29 is 4.74 Å². The van der Waals surface area contributed by atoms with Crippen LogP contribution in [0.3, 0.4) is 0 Å². The van der Waals surface area contributed by atoms with Crippen LogP contribution < -0.4 is 9.92 Å². The first kappa shape index (κ1) is 14.7. The zero-order valence-electron chi connectivity index (χ0n) is 13.4. The van der Waals surface area contributed by atoms with Crippen LogP contribution in [0.25, 0.3) is 22.3 Å². The number of ether oxygens (including phenoxy) is 1. The molecule has 0 fully saturated rings. The van der Waals surface area contributed by atoms with Crippen molar-refractivity contribution in [1.29, 1.82) is 0 Å². The van der Waals surface area contributed by atoms with Crippen molar-refractivity contribution in [2.75, 3.05) is 7.11 Å². The highest BCUT2D eigenvalue weighted by Gasteiger charge is 2.22. The lowest BCUT2D eigenvalue weighted by Crippen LogP contribution is -2.38. The Morgan fingerprint density at radius 3 is 2.23 bits per heavy atom. The number of benzene rings is 2. The molecule has 3 aromatic rings. The van der Waals surface area contributed by atoms with Gasteiger partial charge in [-0.3, -0.25) is 0 Å². The highest BCUT2D eigenvalue weighted by Crippen LogP contribution is 2.28. The van der Waals surface area contributed by atoms with E-state index in [1.165, 1.54) is 5.19 Å². The summed E-state index contributed by atoms with van der Waals surface area (Å²) in [6.07, 6.45) is 0. The first-order valence-electron chi connectivity index (χ1n) is 7.41. The highest BCUT2D eigenvalue weighted by molar-refractivity contribution is 6.90. The molecule has 22 heavy (non-hydrogen) atoms. The highest BCUT2D eigenvalue weighted by atomic mass is 28.3. The molecule has 0 saturated heterocycles. The molecule has 0 spiro atoms. The summed E-state index contributed by atoms with van der Waals surface area (Å²) in [6.45, 7) is 6.99. The Kier molecular flexibility index (Phi) is 3.70. The van der Waals surface area contributed by atoms with E-state index in [1.807, 2.05) is 36.4 Å².